The van der Waals surface area contributed by atoms with E-state index < -0.39 is 0 Å². The molecule has 0 aliphatic rings. The van der Waals surface area contributed by atoms with E-state index in [0.717, 1.165) is 11.4 Å². The van der Waals surface area contributed by atoms with Crippen molar-refractivity contribution in [3.05, 3.63) is 59.1 Å². The molecule has 104 valence electrons. The van der Waals surface area contributed by atoms with Crippen molar-refractivity contribution < 1.29 is 4.79 Å². The zero-order chi connectivity index (χ0) is 14.4. The van der Waals surface area contributed by atoms with Crippen LogP contribution in [0, 0.1) is 6.92 Å². The summed E-state index contributed by atoms with van der Waals surface area (Å²) < 4.78 is 0. The Balaban J connectivity index is 1.75. The Morgan fingerprint density at radius 3 is 2.25 bits per heavy atom. The first-order valence-electron chi connectivity index (χ1n) is 6.49. The number of benzene rings is 2. The lowest BCUT2D eigenvalue weighted by Crippen LogP contribution is -2.16. The number of hydrogen-bond donors (Lipinski definition) is 2. The van der Waals surface area contributed by atoms with Crippen molar-refractivity contribution >= 4 is 28.9 Å². The quantitative estimate of drug-likeness (QED) is 0.870. The highest BCUT2D eigenvalue weighted by Crippen LogP contribution is 2.13. The summed E-state index contributed by atoms with van der Waals surface area (Å²) in [5.74, 6) is -0.0214. The van der Waals surface area contributed by atoms with Gasteiger partial charge in [-0.1, -0.05) is 29.3 Å². The number of carbonyl (C=O) groups is 1. The Morgan fingerprint density at radius 2 is 1.60 bits per heavy atom. The number of rotatable bonds is 5. The molecule has 0 atom stereocenters. The summed E-state index contributed by atoms with van der Waals surface area (Å²) in [6, 6.07) is 15.2. The van der Waals surface area contributed by atoms with Gasteiger partial charge in [0.05, 0.1) is 0 Å². The highest BCUT2D eigenvalue weighted by molar-refractivity contribution is 6.30. The van der Waals surface area contributed by atoms with Crippen molar-refractivity contribution in [2.24, 2.45) is 0 Å². The van der Waals surface area contributed by atoms with Gasteiger partial charge in [-0.3, -0.25) is 4.79 Å². The molecule has 0 aliphatic carbocycles. The van der Waals surface area contributed by atoms with E-state index in [0.29, 0.717) is 18.0 Å². The second-order valence-corrected chi connectivity index (χ2v) is 5.03. The largest absolute Gasteiger partial charge is 0.385 e. The molecule has 0 heterocycles. The predicted molar refractivity (Wildman–Crippen MR) is 84.4 cm³/mol. The van der Waals surface area contributed by atoms with E-state index in [1.54, 1.807) is 24.3 Å². The summed E-state index contributed by atoms with van der Waals surface area (Å²) in [4.78, 5) is 11.8. The number of hydrogen-bond acceptors (Lipinski definition) is 2. The smallest absolute Gasteiger partial charge is 0.226 e. The molecule has 3 nitrogen and oxygen atoms in total. The minimum Gasteiger partial charge on any atom is -0.385 e. The first kappa shape index (κ1) is 14.4. The van der Waals surface area contributed by atoms with E-state index in [1.807, 2.05) is 31.2 Å². The normalized spacial score (nSPS) is 10.1. The summed E-state index contributed by atoms with van der Waals surface area (Å²) in [7, 11) is 0. The molecule has 2 N–H and O–H groups in total. The summed E-state index contributed by atoms with van der Waals surface area (Å²) in [5, 5.41) is 6.70. The van der Waals surface area contributed by atoms with Gasteiger partial charge in [-0.15, -0.1) is 0 Å². The lowest BCUT2D eigenvalue weighted by Gasteiger charge is -2.08. The van der Waals surface area contributed by atoms with E-state index >= 15 is 0 Å². The van der Waals surface area contributed by atoms with Crippen molar-refractivity contribution in [3.63, 3.8) is 0 Å². The van der Waals surface area contributed by atoms with E-state index in [1.165, 1.54) is 5.56 Å². The minimum absolute atomic E-state index is 0.0214. The van der Waals surface area contributed by atoms with Crippen LogP contribution < -0.4 is 10.6 Å². The van der Waals surface area contributed by atoms with Gasteiger partial charge < -0.3 is 10.6 Å². The van der Waals surface area contributed by atoms with Gasteiger partial charge in [-0.2, -0.15) is 0 Å². The molecule has 2 rings (SSSR count). The third-order valence-electron chi connectivity index (χ3n) is 2.86. The highest BCUT2D eigenvalue weighted by Gasteiger charge is 2.02. The van der Waals surface area contributed by atoms with Gasteiger partial charge in [0.25, 0.3) is 0 Å². The molecule has 0 spiro atoms. The zero-order valence-electron chi connectivity index (χ0n) is 11.3. The van der Waals surface area contributed by atoms with Crippen LogP contribution in [0.3, 0.4) is 0 Å². The lowest BCUT2D eigenvalue weighted by molar-refractivity contribution is -0.115. The number of amides is 1. The molecule has 0 unspecified atom stereocenters. The van der Waals surface area contributed by atoms with Crippen LogP contribution in [0.4, 0.5) is 11.4 Å². The van der Waals surface area contributed by atoms with Crippen LogP contribution in [0.15, 0.2) is 48.5 Å². The Kier molecular flexibility index (Phi) is 5.02. The maximum Gasteiger partial charge on any atom is 0.226 e. The fraction of sp³-hybridized carbons (Fsp3) is 0.188. The van der Waals surface area contributed by atoms with Crippen LogP contribution >= 0.6 is 11.6 Å². The second-order valence-electron chi connectivity index (χ2n) is 4.60. The molecule has 2 aromatic rings. The number of aryl methyl sites for hydroxylation is 1. The third-order valence-corrected chi connectivity index (χ3v) is 3.11. The molecule has 0 aromatic heterocycles. The van der Waals surface area contributed by atoms with E-state index in [-0.39, 0.29) is 5.91 Å². The van der Waals surface area contributed by atoms with E-state index in [2.05, 4.69) is 10.6 Å². The fourth-order valence-corrected chi connectivity index (χ4v) is 1.87. The topological polar surface area (TPSA) is 41.1 Å². The highest BCUT2D eigenvalue weighted by atomic mass is 35.5. The average molecular weight is 289 g/mol. The summed E-state index contributed by atoms with van der Waals surface area (Å²) in [6.45, 7) is 2.64. The molecule has 4 heteroatoms. The van der Waals surface area contributed by atoms with E-state index in [9.17, 15) is 4.79 Å². The molecule has 0 fully saturated rings. The van der Waals surface area contributed by atoms with Gasteiger partial charge in [0.15, 0.2) is 0 Å². The number of anilines is 2. The molecule has 2 aromatic carbocycles. The molecular weight excluding hydrogens is 272 g/mol. The van der Waals surface area contributed by atoms with Gasteiger partial charge in [-0.05, 0) is 43.3 Å². The SMILES string of the molecule is Cc1ccc(NCCC(=O)Nc2ccc(Cl)cc2)cc1. The maximum absolute atomic E-state index is 11.8. The van der Waals surface area contributed by atoms with Crippen molar-refractivity contribution in [1.29, 1.82) is 0 Å². The number of nitrogens with one attached hydrogen (secondary N) is 2. The van der Waals surface area contributed by atoms with E-state index in [4.69, 9.17) is 11.6 Å². The molecule has 1 amide bonds. The monoisotopic (exact) mass is 288 g/mol. The Morgan fingerprint density at radius 1 is 1.00 bits per heavy atom. The number of carbonyl (C=O) groups excluding carboxylic acids is 1. The third kappa shape index (κ3) is 4.59. The van der Waals surface area contributed by atoms with Gasteiger partial charge in [-0.25, -0.2) is 0 Å². The first-order valence-corrected chi connectivity index (χ1v) is 6.87. The molecule has 20 heavy (non-hydrogen) atoms. The van der Waals surface area contributed by atoms with Crippen molar-refractivity contribution in [1.82, 2.24) is 0 Å². The molecule has 0 bridgehead atoms. The average Bonchev–Trinajstić information content (AvgIpc) is 2.44. The zero-order valence-corrected chi connectivity index (χ0v) is 12.1. The van der Waals surface area contributed by atoms with Crippen LogP contribution in [-0.4, -0.2) is 12.5 Å². The van der Waals surface area contributed by atoms with Crippen LogP contribution in [0.25, 0.3) is 0 Å². The molecule has 0 saturated carbocycles. The molecule has 0 radical (unpaired) electrons. The summed E-state index contributed by atoms with van der Waals surface area (Å²) in [6.07, 6.45) is 0.413. The lowest BCUT2D eigenvalue weighted by atomic mass is 10.2. The van der Waals surface area contributed by atoms with Gasteiger partial charge in [0.2, 0.25) is 5.91 Å². The maximum atomic E-state index is 11.8. The van der Waals surface area contributed by atoms with Crippen LogP contribution in [0.2, 0.25) is 5.02 Å². The van der Waals surface area contributed by atoms with Crippen LogP contribution in [0.1, 0.15) is 12.0 Å². The Bertz CT molecular complexity index is 564. The predicted octanol–water partition coefficient (Wildman–Crippen LogP) is 4.09. The minimum atomic E-state index is -0.0214. The standard InChI is InChI=1S/C16H17ClN2O/c1-12-2-6-14(7-3-12)18-11-10-16(20)19-15-8-4-13(17)5-9-15/h2-9,18H,10-11H2,1H3,(H,19,20). The Hall–Kier alpha value is -2.00. The molecule has 0 saturated heterocycles. The number of halogens is 1. The van der Waals surface area contributed by atoms with Crippen LogP contribution in [-0.2, 0) is 4.79 Å². The Labute approximate surface area is 124 Å². The van der Waals surface area contributed by atoms with Crippen molar-refractivity contribution in [2.75, 3.05) is 17.2 Å². The van der Waals surface area contributed by atoms with Gasteiger partial charge in [0.1, 0.15) is 0 Å². The van der Waals surface area contributed by atoms with Crippen molar-refractivity contribution in [2.45, 2.75) is 13.3 Å². The first-order chi connectivity index (χ1) is 9.63. The van der Waals surface area contributed by atoms with Gasteiger partial charge >= 0.3 is 0 Å². The summed E-state index contributed by atoms with van der Waals surface area (Å²) in [5.41, 5.74) is 3.00. The summed E-state index contributed by atoms with van der Waals surface area (Å²) >= 11 is 5.79. The molecular formula is C16H17ClN2O. The van der Waals surface area contributed by atoms with Gasteiger partial charge in [0, 0.05) is 29.4 Å². The van der Waals surface area contributed by atoms with Crippen molar-refractivity contribution in [3.8, 4) is 0 Å². The van der Waals surface area contributed by atoms with Crippen LogP contribution in [0.5, 0.6) is 0 Å². The molecule has 0 aliphatic heterocycles. The fourth-order valence-electron chi connectivity index (χ4n) is 1.75. The second kappa shape index (κ2) is 6.96.